The number of nitrogens with zero attached hydrogens (tertiary/aromatic N) is 1. The van der Waals surface area contributed by atoms with Gasteiger partial charge >= 0.3 is 0 Å². The lowest BCUT2D eigenvalue weighted by Gasteiger charge is -2.03. The lowest BCUT2D eigenvalue weighted by molar-refractivity contribution is 0.0992. The molecule has 1 aromatic heterocycles. The molecule has 2 aromatic rings. The second kappa shape index (κ2) is 4.53. The Balaban J connectivity index is 2.24. The summed E-state index contributed by atoms with van der Waals surface area (Å²) in [5.74, 6) is -0.445. The van der Waals surface area contributed by atoms with E-state index >= 15 is 0 Å². The molecule has 0 atom stereocenters. The first-order chi connectivity index (χ1) is 7.66. The number of thiazole rings is 1. The summed E-state index contributed by atoms with van der Waals surface area (Å²) in [4.78, 5) is 16.7. The van der Waals surface area contributed by atoms with Crippen molar-refractivity contribution in [2.75, 3.05) is 0 Å². The molecule has 0 spiro atoms. The van der Waals surface area contributed by atoms with Gasteiger partial charge in [0.1, 0.15) is 5.82 Å². The number of ketones is 1. The molecule has 4 heteroatoms. The fourth-order valence-corrected chi connectivity index (χ4v) is 2.07. The molecule has 0 bridgehead atoms. The highest BCUT2D eigenvalue weighted by molar-refractivity contribution is 7.09. The average molecular weight is 235 g/mol. The van der Waals surface area contributed by atoms with Crippen molar-refractivity contribution in [3.8, 4) is 0 Å². The summed E-state index contributed by atoms with van der Waals surface area (Å²) in [5.41, 5.74) is 2.94. The lowest BCUT2D eigenvalue weighted by Crippen LogP contribution is -2.05. The second-order valence-electron chi connectivity index (χ2n) is 3.53. The summed E-state index contributed by atoms with van der Waals surface area (Å²) in [7, 11) is 0. The van der Waals surface area contributed by atoms with E-state index in [1.165, 1.54) is 23.5 Å². The van der Waals surface area contributed by atoms with Crippen molar-refractivity contribution in [2.24, 2.45) is 0 Å². The molecular formula is C12H10FNOS. The van der Waals surface area contributed by atoms with Gasteiger partial charge in [0, 0.05) is 23.1 Å². The second-order valence-corrected chi connectivity index (χ2v) is 4.50. The molecule has 16 heavy (non-hydrogen) atoms. The number of aromatic nitrogens is 1. The van der Waals surface area contributed by atoms with Gasteiger partial charge in [-0.1, -0.05) is 6.07 Å². The van der Waals surface area contributed by atoms with Crippen LogP contribution in [0.2, 0.25) is 0 Å². The van der Waals surface area contributed by atoms with E-state index in [4.69, 9.17) is 0 Å². The molecule has 0 aliphatic carbocycles. The van der Waals surface area contributed by atoms with E-state index < -0.39 is 0 Å². The van der Waals surface area contributed by atoms with Gasteiger partial charge in [0.15, 0.2) is 5.78 Å². The van der Waals surface area contributed by atoms with Gasteiger partial charge in [-0.05, 0) is 24.6 Å². The van der Waals surface area contributed by atoms with E-state index in [2.05, 4.69) is 4.98 Å². The molecular weight excluding hydrogens is 225 g/mol. The summed E-state index contributed by atoms with van der Waals surface area (Å²) in [6.07, 6.45) is 1.95. The molecule has 2 rings (SSSR count). The maximum absolute atomic E-state index is 13.0. The first-order valence-corrected chi connectivity index (χ1v) is 5.71. The summed E-state index contributed by atoms with van der Waals surface area (Å²) >= 11 is 1.43. The number of benzene rings is 1. The Labute approximate surface area is 96.8 Å². The van der Waals surface area contributed by atoms with Gasteiger partial charge in [-0.3, -0.25) is 9.78 Å². The average Bonchev–Trinajstić information content (AvgIpc) is 2.74. The van der Waals surface area contributed by atoms with Crippen molar-refractivity contribution in [1.29, 1.82) is 0 Å². The molecule has 2 nitrogen and oxygen atoms in total. The van der Waals surface area contributed by atoms with Crippen LogP contribution in [0.1, 0.15) is 20.8 Å². The van der Waals surface area contributed by atoms with Crippen molar-refractivity contribution in [3.05, 3.63) is 51.7 Å². The Kier molecular flexibility index (Phi) is 3.10. The van der Waals surface area contributed by atoms with Crippen molar-refractivity contribution in [2.45, 2.75) is 13.3 Å². The Bertz CT molecular complexity index is 508. The number of Topliss-reactive ketones (excluding diaryl/α,β-unsaturated/α-hetero) is 1. The third-order valence-electron chi connectivity index (χ3n) is 2.32. The molecule has 0 saturated heterocycles. The standard InChI is InChI=1S/C12H10FNOS/c1-8-2-3-9(13)4-11(8)12(15)5-10-6-14-7-16-10/h2-4,6-7H,5H2,1H3. The molecule has 0 amide bonds. The van der Waals surface area contributed by atoms with Crippen LogP contribution in [0.3, 0.4) is 0 Å². The number of carbonyl (C=O) groups is 1. The maximum Gasteiger partial charge on any atom is 0.168 e. The topological polar surface area (TPSA) is 30.0 Å². The molecule has 1 heterocycles. The zero-order valence-electron chi connectivity index (χ0n) is 8.74. The molecule has 0 unspecified atom stereocenters. The number of hydrogen-bond donors (Lipinski definition) is 0. The minimum absolute atomic E-state index is 0.0683. The van der Waals surface area contributed by atoms with E-state index in [9.17, 15) is 9.18 Å². The third kappa shape index (κ3) is 2.33. The van der Waals surface area contributed by atoms with E-state index in [1.54, 1.807) is 24.7 Å². The van der Waals surface area contributed by atoms with Gasteiger partial charge in [-0.25, -0.2) is 4.39 Å². The van der Waals surface area contributed by atoms with Crippen LogP contribution in [0.4, 0.5) is 4.39 Å². The van der Waals surface area contributed by atoms with Gasteiger partial charge in [0.2, 0.25) is 0 Å². The van der Waals surface area contributed by atoms with E-state index in [1.807, 2.05) is 0 Å². The van der Waals surface area contributed by atoms with E-state index in [0.717, 1.165) is 10.4 Å². The summed E-state index contributed by atoms with van der Waals surface area (Å²) in [6.45, 7) is 1.80. The van der Waals surface area contributed by atoms with Gasteiger partial charge in [-0.2, -0.15) is 0 Å². The van der Waals surface area contributed by atoms with Crippen molar-refractivity contribution in [1.82, 2.24) is 4.98 Å². The van der Waals surface area contributed by atoms with Crippen LogP contribution in [0.15, 0.2) is 29.9 Å². The molecule has 82 valence electrons. The first kappa shape index (κ1) is 11.0. The Morgan fingerprint density at radius 1 is 1.50 bits per heavy atom. The number of rotatable bonds is 3. The fourth-order valence-electron chi connectivity index (χ4n) is 1.48. The summed E-state index contributed by atoms with van der Waals surface area (Å²) < 4.78 is 13.0. The van der Waals surface area contributed by atoms with Crippen molar-refractivity contribution < 1.29 is 9.18 Å². The van der Waals surface area contributed by atoms with E-state index in [0.29, 0.717) is 5.56 Å². The zero-order chi connectivity index (χ0) is 11.5. The van der Waals surface area contributed by atoms with Crippen LogP contribution in [0, 0.1) is 12.7 Å². The van der Waals surface area contributed by atoms with Crippen LogP contribution in [0.5, 0.6) is 0 Å². The number of aryl methyl sites for hydroxylation is 1. The Morgan fingerprint density at radius 2 is 2.31 bits per heavy atom. The summed E-state index contributed by atoms with van der Waals surface area (Å²) in [6, 6.07) is 4.27. The van der Waals surface area contributed by atoms with Crippen LogP contribution in [-0.2, 0) is 6.42 Å². The van der Waals surface area contributed by atoms with E-state index in [-0.39, 0.29) is 18.0 Å². The van der Waals surface area contributed by atoms with Crippen LogP contribution < -0.4 is 0 Å². The predicted octanol–water partition coefficient (Wildman–Crippen LogP) is 3.02. The quantitative estimate of drug-likeness (QED) is 0.765. The normalized spacial score (nSPS) is 10.4. The maximum atomic E-state index is 13.0. The third-order valence-corrected chi connectivity index (χ3v) is 3.10. The van der Waals surface area contributed by atoms with Crippen LogP contribution in [-0.4, -0.2) is 10.8 Å². The molecule has 1 aromatic carbocycles. The summed E-state index contributed by atoms with van der Waals surface area (Å²) in [5, 5.41) is 0. The van der Waals surface area contributed by atoms with Crippen molar-refractivity contribution in [3.63, 3.8) is 0 Å². The minimum atomic E-state index is -0.377. The number of hydrogen-bond acceptors (Lipinski definition) is 3. The van der Waals surface area contributed by atoms with Gasteiger partial charge in [0.05, 0.1) is 5.51 Å². The van der Waals surface area contributed by atoms with Gasteiger partial charge < -0.3 is 0 Å². The smallest absolute Gasteiger partial charge is 0.168 e. The predicted molar refractivity (Wildman–Crippen MR) is 61.3 cm³/mol. The fraction of sp³-hybridized carbons (Fsp3) is 0.167. The van der Waals surface area contributed by atoms with Crippen LogP contribution in [0.25, 0.3) is 0 Å². The molecule has 0 aliphatic heterocycles. The largest absolute Gasteiger partial charge is 0.294 e. The minimum Gasteiger partial charge on any atom is -0.294 e. The number of carbonyl (C=O) groups excluding carboxylic acids is 1. The molecule has 0 saturated carbocycles. The van der Waals surface area contributed by atoms with Crippen molar-refractivity contribution >= 4 is 17.1 Å². The Hall–Kier alpha value is -1.55. The molecule has 0 fully saturated rings. The van der Waals surface area contributed by atoms with Gasteiger partial charge in [-0.15, -0.1) is 11.3 Å². The molecule has 0 radical (unpaired) electrons. The van der Waals surface area contributed by atoms with Gasteiger partial charge in [0.25, 0.3) is 0 Å². The number of halogens is 1. The monoisotopic (exact) mass is 235 g/mol. The highest BCUT2D eigenvalue weighted by Gasteiger charge is 2.11. The Morgan fingerprint density at radius 3 is 3.00 bits per heavy atom. The SMILES string of the molecule is Cc1ccc(F)cc1C(=O)Cc1cncs1. The zero-order valence-corrected chi connectivity index (χ0v) is 9.55. The van der Waals surface area contributed by atoms with Crippen LogP contribution >= 0.6 is 11.3 Å². The molecule has 0 aliphatic rings. The highest BCUT2D eigenvalue weighted by Crippen LogP contribution is 2.15. The molecule has 0 N–H and O–H groups in total. The lowest BCUT2D eigenvalue weighted by atomic mass is 10.0. The highest BCUT2D eigenvalue weighted by atomic mass is 32.1. The first-order valence-electron chi connectivity index (χ1n) is 4.83.